The van der Waals surface area contributed by atoms with Crippen molar-refractivity contribution in [1.82, 2.24) is 14.6 Å². The van der Waals surface area contributed by atoms with E-state index < -0.39 is 0 Å². The van der Waals surface area contributed by atoms with Crippen molar-refractivity contribution in [1.29, 1.82) is 0 Å². The second kappa shape index (κ2) is 6.92. The van der Waals surface area contributed by atoms with E-state index in [9.17, 15) is 0 Å². The van der Waals surface area contributed by atoms with E-state index in [1.807, 2.05) is 10.6 Å². The summed E-state index contributed by atoms with van der Waals surface area (Å²) >= 11 is 0. The van der Waals surface area contributed by atoms with E-state index in [0.29, 0.717) is 0 Å². The summed E-state index contributed by atoms with van der Waals surface area (Å²) in [6.45, 7) is 2.07. The number of aryl methyl sites for hydroxylation is 2. The smallest absolute Gasteiger partial charge is 0.165 e. The topological polar surface area (TPSA) is 45.5 Å². The third-order valence-electron chi connectivity index (χ3n) is 5.67. The van der Waals surface area contributed by atoms with Crippen LogP contribution in [0, 0.1) is 6.92 Å². The number of nitrogens with zero attached hydrogens (tertiary/aromatic N) is 4. The van der Waals surface area contributed by atoms with E-state index >= 15 is 0 Å². The second-order valence-corrected chi connectivity index (χ2v) is 7.87. The number of nitrogens with one attached hydrogen (secondary N) is 1. The average molecular weight is 383 g/mol. The minimum absolute atomic E-state index is 0.932. The Kier molecular flexibility index (Phi) is 4.23. The molecule has 2 heterocycles. The Balaban J connectivity index is 1.67. The van der Waals surface area contributed by atoms with E-state index in [4.69, 9.17) is 10.1 Å². The summed E-state index contributed by atoms with van der Waals surface area (Å²) in [5.74, 6) is 1.05. The van der Waals surface area contributed by atoms with Gasteiger partial charge >= 0.3 is 0 Å². The molecule has 1 N–H and O–H groups in total. The molecular weight excluding hydrogens is 358 g/mol. The van der Waals surface area contributed by atoms with Crippen LogP contribution in [0.15, 0.2) is 54.6 Å². The van der Waals surface area contributed by atoms with Crippen molar-refractivity contribution in [3.63, 3.8) is 0 Å². The zero-order valence-electron chi connectivity index (χ0n) is 17.1. The van der Waals surface area contributed by atoms with Crippen LogP contribution in [0.4, 0.5) is 17.2 Å². The molecule has 29 heavy (non-hydrogen) atoms. The SMILES string of the molecule is Cc1nn2c(Nc3ccc(N(C)C)cc3)c3c(nc2c1-c1ccccc1)CCC3. The minimum Gasteiger partial charge on any atom is -0.378 e. The predicted molar refractivity (Wildman–Crippen MR) is 119 cm³/mol. The lowest BCUT2D eigenvalue weighted by Gasteiger charge is -2.16. The fourth-order valence-corrected chi connectivity index (χ4v) is 4.19. The maximum atomic E-state index is 5.05. The molecule has 1 aliphatic rings. The van der Waals surface area contributed by atoms with Gasteiger partial charge in [0.1, 0.15) is 5.82 Å². The summed E-state index contributed by atoms with van der Waals surface area (Å²) in [4.78, 5) is 7.15. The Labute approximate surface area is 171 Å². The molecule has 0 aliphatic heterocycles. The first-order chi connectivity index (χ1) is 14.1. The first-order valence-corrected chi connectivity index (χ1v) is 10.1. The summed E-state index contributed by atoms with van der Waals surface area (Å²) in [6, 6.07) is 18.9. The molecule has 146 valence electrons. The van der Waals surface area contributed by atoms with E-state index in [-0.39, 0.29) is 0 Å². The van der Waals surface area contributed by atoms with Gasteiger partial charge in [0, 0.05) is 42.3 Å². The molecule has 1 aliphatic carbocycles. The predicted octanol–water partition coefficient (Wildman–Crippen LogP) is 5.00. The summed E-state index contributed by atoms with van der Waals surface area (Å²) in [7, 11) is 4.11. The standard InChI is InChI=1S/C24H25N5/c1-16-22(17-8-5-4-6-9-17)24-26-21-11-7-10-20(21)23(29(24)27-16)25-18-12-14-19(15-13-18)28(2)3/h4-6,8-9,12-15,25H,7,10-11H2,1-3H3. The lowest BCUT2D eigenvalue weighted by atomic mass is 10.1. The minimum atomic E-state index is 0.932. The molecule has 0 radical (unpaired) electrons. The van der Waals surface area contributed by atoms with Crippen LogP contribution in [0.1, 0.15) is 23.4 Å². The lowest BCUT2D eigenvalue weighted by molar-refractivity contribution is 0.900. The lowest BCUT2D eigenvalue weighted by Crippen LogP contribution is -2.09. The van der Waals surface area contributed by atoms with Gasteiger partial charge < -0.3 is 10.2 Å². The molecule has 2 aromatic carbocycles. The van der Waals surface area contributed by atoms with Gasteiger partial charge in [-0.05, 0) is 56.0 Å². The Bertz CT molecular complexity index is 1170. The number of hydrogen-bond donors (Lipinski definition) is 1. The molecular formula is C24H25N5. The van der Waals surface area contributed by atoms with E-state index in [1.165, 1.54) is 16.9 Å². The molecule has 0 amide bonds. The van der Waals surface area contributed by atoms with E-state index in [0.717, 1.165) is 53.2 Å². The molecule has 0 fully saturated rings. The number of aromatic nitrogens is 3. The summed E-state index contributed by atoms with van der Waals surface area (Å²) < 4.78 is 2.00. The number of rotatable bonds is 4. The number of benzene rings is 2. The van der Waals surface area contributed by atoms with Gasteiger partial charge in [-0.2, -0.15) is 9.61 Å². The van der Waals surface area contributed by atoms with Crippen molar-refractivity contribution in [2.45, 2.75) is 26.2 Å². The van der Waals surface area contributed by atoms with Crippen molar-refractivity contribution in [3.8, 4) is 11.1 Å². The highest BCUT2D eigenvalue weighted by Crippen LogP contribution is 2.35. The molecule has 0 bridgehead atoms. The molecule has 0 atom stereocenters. The molecule has 0 spiro atoms. The van der Waals surface area contributed by atoms with Crippen molar-refractivity contribution in [3.05, 3.63) is 71.5 Å². The van der Waals surface area contributed by atoms with Crippen LogP contribution in [0.25, 0.3) is 16.8 Å². The summed E-state index contributed by atoms with van der Waals surface area (Å²) in [5.41, 5.74) is 8.94. The van der Waals surface area contributed by atoms with Crippen molar-refractivity contribution < 1.29 is 0 Å². The van der Waals surface area contributed by atoms with Crippen LogP contribution in [-0.2, 0) is 12.8 Å². The van der Waals surface area contributed by atoms with Gasteiger partial charge in [0.25, 0.3) is 0 Å². The number of hydrogen-bond acceptors (Lipinski definition) is 4. The molecule has 0 unspecified atom stereocenters. The molecule has 0 saturated carbocycles. The van der Waals surface area contributed by atoms with Gasteiger partial charge in [-0.1, -0.05) is 30.3 Å². The summed E-state index contributed by atoms with van der Waals surface area (Å²) in [6.07, 6.45) is 3.21. The maximum Gasteiger partial charge on any atom is 0.165 e. The van der Waals surface area contributed by atoms with Crippen LogP contribution in [-0.4, -0.2) is 28.7 Å². The highest BCUT2D eigenvalue weighted by molar-refractivity contribution is 5.82. The number of anilines is 3. The van der Waals surface area contributed by atoms with Gasteiger partial charge in [-0.3, -0.25) is 0 Å². The Morgan fingerprint density at radius 3 is 2.45 bits per heavy atom. The molecule has 5 nitrogen and oxygen atoms in total. The van der Waals surface area contributed by atoms with Crippen LogP contribution in [0.2, 0.25) is 0 Å². The van der Waals surface area contributed by atoms with Gasteiger partial charge in [0.05, 0.1) is 5.69 Å². The second-order valence-electron chi connectivity index (χ2n) is 7.87. The fraction of sp³-hybridized carbons (Fsp3) is 0.250. The van der Waals surface area contributed by atoms with Gasteiger partial charge in [0.2, 0.25) is 0 Å². The molecule has 5 rings (SSSR count). The third-order valence-corrected chi connectivity index (χ3v) is 5.67. The molecule has 2 aromatic heterocycles. The monoisotopic (exact) mass is 383 g/mol. The van der Waals surface area contributed by atoms with Gasteiger partial charge in [-0.25, -0.2) is 4.98 Å². The Morgan fingerprint density at radius 2 is 1.72 bits per heavy atom. The van der Waals surface area contributed by atoms with Crippen LogP contribution in [0.5, 0.6) is 0 Å². The molecule has 5 heteroatoms. The van der Waals surface area contributed by atoms with Gasteiger partial charge in [0.15, 0.2) is 5.65 Å². The Morgan fingerprint density at radius 1 is 0.966 bits per heavy atom. The van der Waals surface area contributed by atoms with Crippen molar-refractivity contribution in [2.24, 2.45) is 0 Å². The normalized spacial score (nSPS) is 12.9. The number of fused-ring (bicyclic) bond motifs is 2. The Hall–Kier alpha value is -3.34. The average Bonchev–Trinajstić information content (AvgIpc) is 3.32. The highest BCUT2D eigenvalue weighted by atomic mass is 15.3. The van der Waals surface area contributed by atoms with E-state index in [2.05, 4.69) is 79.8 Å². The van der Waals surface area contributed by atoms with Crippen LogP contribution >= 0.6 is 0 Å². The largest absolute Gasteiger partial charge is 0.378 e. The quantitative estimate of drug-likeness (QED) is 0.538. The summed E-state index contributed by atoms with van der Waals surface area (Å²) in [5, 5.41) is 8.54. The molecule has 0 saturated heterocycles. The van der Waals surface area contributed by atoms with E-state index in [1.54, 1.807) is 0 Å². The maximum absolute atomic E-state index is 5.05. The highest BCUT2D eigenvalue weighted by Gasteiger charge is 2.24. The third kappa shape index (κ3) is 3.03. The van der Waals surface area contributed by atoms with Gasteiger partial charge in [-0.15, -0.1) is 0 Å². The zero-order chi connectivity index (χ0) is 20.0. The molecule has 4 aromatic rings. The van der Waals surface area contributed by atoms with Crippen molar-refractivity contribution >= 4 is 22.8 Å². The first-order valence-electron chi connectivity index (χ1n) is 10.1. The van der Waals surface area contributed by atoms with Crippen molar-refractivity contribution in [2.75, 3.05) is 24.3 Å². The zero-order valence-corrected chi connectivity index (χ0v) is 17.1. The fourth-order valence-electron chi connectivity index (χ4n) is 4.19. The van der Waals surface area contributed by atoms with Crippen LogP contribution < -0.4 is 10.2 Å². The van der Waals surface area contributed by atoms with Crippen LogP contribution in [0.3, 0.4) is 0 Å². The first kappa shape index (κ1) is 17.7.